The summed E-state index contributed by atoms with van der Waals surface area (Å²) in [6.45, 7) is 3.18. The van der Waals surface area contributed by atoms with Gasteiger partial charge in [0.2, 0.25) is 5.91 Å². The van der Waals surface area contributed by atoms with Gasteiger partial charge in [-0.2, -0.15) is 0 Å². The maximum atomic E-state index is 11.9. The van der Waals surface area contributed by atoms with E-state index in [2.05, 4.69) is 0 Å². The van der Waals surface area contributed by atoms with Gasteiger partial charge in [0.15, 0.2) is 0 Å². The van der Waals surface area contributed by atoms with E-state index in [1.807, 2.05) is 4.90 Å². The molecule has 2 rings (SSSR count). The molecule has 2 fully saturated rings. The Morgan fingerprint density at radius 2 is 2.33 bits per heavy atom. The summed E-state index contributed by atoms with van der Waals surface area (Å²) in [5, 5.41) is 0.155. The normalized spacial score (nSPS) is 31.9. The molecule has 2 atom stereocenters. The lowest BCUT2D eigenvalue weighted by atomic mass is 10.0. The van der Waals surface area contributed by atoms with Crippen molar-refractivity contribution in [1.82, 2.24) is 4.90 Å². The number of nitrogens with zero attached hydrogens (tertiary/aromatic N) is 1. The maximum Gasteiger partial charge on any atom is 0.222 e. The molecule has 15 heavy (non-hydrogen) atoms. The van der Waals surface area contributed by atoms with Crippen LogP contribution in [-0.4, -0.2) is 42.5 Å². The smallest absolute Gasteiger partial charge is 0.222 e. The fraction of sp³-hybridized carbons (Fsp3) is 0.909. The third-order valence-corrected chi connectivity index (χ3v) is 3.56. The molecule has 1 amide bonds. The lowest BCUT2D eigenvalue weighted by Crippen LogP contribution is -2.41. The highest BCUT2D eigenvalue weighted by molar-refractivity contribution is 6.20. The summed E-state index contributed by atoms with van der Waals surface area (Å²) in [6, 6.07) is 0. The number of likely N-dealkylation sites (tertiary alicyclic amines) is 1. The number of amides is 1. The predicted molar refractivity (Wildman–Crippen MR) is 59.0 cm³/mol. The quantitative estimate of drug-likeness (QED) is 0.677. The van der Waals surface area contributed by atoms with E-state index in [0.29, 0.717) is 12.3 Å². The number of halogens is 1. The molecule has 2 heterocycles. The Morgan fingerprint density at radius 1 is 1.47 bits per heavy atom. The Labute approximate surface area is 95.7 Å². The Balaban J connectivity index is 1.78. The summed E-state index contributed by atoms with van der Waals surface area (Å²) >= 11 is 6.05. The van der Waals surface area contributed by atoms with Crippen LogP contribution in [0.3, 0.4) is 0 Å². The molecule has 4 heteroatoms. The van der Waals surface area contributed by atoms with E-state index >= 15 is 0 Å². The molecule has 2 aliphatic heterocycles. The van der Waals surface area contributed by atoms with Crippen molar-refractivity contribution in [3.05, 3.63) is 0 Å². The van der Waals surface area contributed by atoms with E-state index < -0.39 is 0 Å². The van der Waals surface area contributed by atoms with E-state index in [9.17, 15) is 4.79 Å². The van der Waals surface area contributed by atoms with Crippen LogP contribution >= 0.6 is 11.6 Å². The SMILES string of the molecule is O=C(CC1CCOC1)N1CCCC(Cl)C1. The molecule has 0 aromatic heterocycles. The average molecular weight is 232 g/mol. The molecular formula is C11H18ClNO2. The number of carbonyl (C=O) groups excluding carboxylic acids is 1. The Kier molecular flexibility index (Phi) is 3.87. The lowest BCUT2D eigenvalue weighted by molar-refractivity contribution is -0.133. The minimum Gasteiger partial charge on any atom is -0.381 e. The van der Waals surface area contributed by atoms with E-state index in [1.54, 1.807) is 0 Å². The van der Waals surface area contributed by atoms with E-state index in [1.165, 1.54) is 0 Å². The standard InChI is InChI=1S/C11H18ClNO2/c12-10-2-1-4-13(7-10)11(14)6-9-3-5-15-8-9/h9-10H,1-8H2. The highest BCUT2D eigenvalue weighted by Gasteiger charge is 2.25. The van der Waals surface area contributed by atoms with Crippen molar-refractivity contribution in [2.45, 2.75) is 31.1 Å². The molecule has 3 nitrogen and oxygen atoms in total. The van der Waals surface area contributed by atoms with Crippen LogP contribution in [0.5, 0.6) is 0 Å². The molecule has 0 spiro atoms. The Morgan fingerprint density at radius 3 is 3.00 bits per heavy atom. The molecule has 0 aliphatic carbocycles. The predicted octanol–water partition coefficient (Wildman–Crippen LogP) is 1.64. The zero-order chi connectivity index (χ0) is 10.7. The maximum absolute atomic E-state index is 11.9. The van der Waals surface area contributed by atoms with Crippen molar-refractivity contribution in [1.29, 1.82) is 0 Å². The molecule has 0 radical (unpaired) electrons. The van der Waals surface area contributed by atoms with Crippen molar-refractivity contribution in [2.75, 3.05) is 26.3 Å². The second kappa shape index (κ2) is 5.17. The molecule has 2 saturated heterocycles. The zero-order valence-electron chi connectivity index (χ0n) is 8.95. The molecule has 0 aromatic rings. The third-order valence-electron chi connectivity index (χ3n) is 3.20. The molecule has 0 saturated carbocycles. The molecule has 2 unspecified atom stereocenters. The second-order valence-electron chi connectivity index (χ2n) is 4.51. The van der Waals surface area contributed by atoms with Crippen LogP contribution in [0.2, 0.25) is 0 Å². The van der Waals surface area contributed by atoms with Crippen LogP contribution in [0.15, 0.2) is 0 Å². The minimum absolute atomic E-state index is 0.155. The van der Waals surface area contributed by atoms with Gasteiger partial charge in [-0.3, -0.25) is 4.79 Å². The van der Waals surface area contributed by atoms with Gasteiger partial charge in [-0.1, -0.05) is 0 Å². The first kappa shape index (κ1) is 11.2. The summed E-state index contributed by atoms with van der Waals surface area (Å²) in [6.07, 6.45) is 3.76. The number of rotatable bonds is 2. The van der Waals surface area contributed by atoms with Crippen molar-refractivity contribution in [2.24, 2.45) is 5.92 Å². The van der Waals surface area contributed by atoms with Gasteiger partial charge in [0.25, 0.3) is 0 Å². The first-order valence-corrected chi connectivity index (χ1v) is 6.19. The Hall–Kier alpha value is -0.280. The fourth-order valence-electron chi connectivity index (χ4n) is 2.27. The minimum atomic E-state index is 0.155. The van der Waals surface area contributed by atoms with Gasteiger partial charge in [0.05, 0.1) is 5.38 Å². The van der Waals surface area contributed by atoms with Crippen molar-refractivity contribution >= 4 is 17.5 Å². The summed E-state index contributed by atoms with van der Waals surface area (Å²) < 4.78 is 5.27. The van der Waals surface area contributed by atoms with Crippen molar-refractivity contribution in [3.63, 3.8) is 0 Å². The Bertz CT molecular complexity index is 229. The first-order valence-electron chi connectivity index (χ1n) is 5.75. The first-order chi connectivity index (χ1) is 7.25. The number of alkyl halides is 1. The number of hydrogen-bond acceptors (Lipinski definition) is 2. The average Bonchev–Trinajstić information content (AvgIpc) is 2.70. The van der Waals surface area contributed by atoms with E-state index in [-0.39, 0.29) is 11.3 Å². The van der Waals surface area contributed by atoms with Crippen LogP contribution in [0.25, 0.3) is 0 Å². The van der Waals surface area contributed by atoms with Crippen LogP contribution in [-0.2, 0) is 9.53 Å². The topological polar surface area (TPSA) is 29.5 Å². The number of ether oxygens (including phenoxy) is 1. The highest BCUT2D eigenvalue weighted by Crippen LogP contribution is 2.20. The zero-order valence-corrected chi connectivity index (χ0v) is 9.71. The van der Waals surface area contributed by atoms with Crippen LogP contribution in [0, 0.1) is 5.92 Å². The second-order valence-corrected chi connectivity index (χ2v) is 5.13. The van der Waals surface area contributed by atoms with Gasteiger partial charge < -0.3 is 9.64 Å². The van der Waals surface area contributed by atoms with Gasteiger partial charge in [-0.25, -0.2) is 0 Å². The van der Waals surface area contributed by atoms with Crippen LogP contribution < -0.4 is 0 Å². The van der Waals surface area contributed by atoms with Gasteiger partial charge in [0.1, 0.15) is 0 Å². The molecule has 0 bridgehead atoms. The summed E-state index contributed by atoms with van der Waals surface area (Å²) in [4.78, 5) is 13.8. The number of piperidine rings is 1. The molecule has 0 aromatic carbocycles. The van der Waals surface area contributed by atoms with Gasteiger partial charge in [-0.15, -0.1) is 11.6 Å². The van der Waals surface area contributed by atoms with Gasteiger partial charge >= 0.3 is 0 Å². The van der Waals surface area contributed by atoms with Crippen LogP contribution in [0.1, 0.15) is 25.7 Å². The number of hydrogen-bond donors (Lipinski definition) is 0. The van der Waals surface area contributed by atoms with Crippen LogP contribution in [0.4, 0.5) is 0 Å². The third kappa shape index (κ3) is 3.08. The van der Waals surface area contributed by atoms with E-state index in [4.69, 9.17) is 16.3 Å². The number of carbonyl (C=O) groups is 1. The fourth-order valence-corrected chi connectivity index (χ4v) is 2.59. The molecule has 0 N–H and O–H groups in total. The van der Waals surface area contributed by atoms with E-state index in [0.717, 1.165) is 45.6 Å². The summed E-state index contributed by atoms with van der Waals surface area (Å²) in [5.41, 5.74) is 0. The highest BCUT2D eigenvalue weighted by atomic mass is 35.5. The largest absolute Gasteiger partial charge is 0.381 e. The molecule has 2 aliphatic rings. The summed E-state index contributed by atoms with van der Waals surface area (Å²) in [7, 11) is 0. The van der Waals surface area contributed by atoms with Gasteiger partial charge in [0, 0.05) is 32.7 Å². The van der Waals surface area contributed by atoms with Crippen molar-refractivity contribution in [3.8, 4) is 0 Å². The monoisotopic (exact) mass is 231 g/mol. The summed E-state index contributed by atoms with van der Waals surface area (Å²) in [5.74, 6) is 0.698. The van der Waals surface area contributed by atoms with Gasteiger partial charge in [-0.05, 0) is 25.2 Å². The van der Waals surface area contributed by atoms with Crippen molar-refractivity contribution < 1.29 is 9.53 Å². The molecule has 86 valence electrons. The molecular weight excluding hydrogens is 214 g/mol. The lowest BCUT2D eigenvalue weighted by Gasteiger charge is -2.30.